The minimum absolute atomic E-state index is 0.00118. The van der Waals surface area contributed by atoms with E-state index in [4.69, 9.17) is 16.3 Å². The molecule has 4 nitrogen and oxygen atoms in total. The number of aldehydes is 1. The number of carbonyl (C=O) groups excluding carboxylic acids is 2. The van der Waals surface area contributed by atoms with Crippen molar-refractivity contribution < 1.29 is 14.3 Å². The van der Waals surface area contributed by atoms with E-state index in [-0.39, 0.29) is 19.1 Å². The van der Waals surface area contributed by atoms with Crippen molar-refractivity contribution in [2.45, 2.75) is 22.3 Å². The Hall–Kier alpha value is -3.06. The molecule has 0 saturated carbocycles. The summed E-state index contributed by atoms with van der Waals surface area (Å²) in [6.45, 7) is 0.488. The minimum Gasteiger partial charge on any atom is -0.449 e. The molecule has 36 heavy (non-hydrogen) atoms. The number of ether oxygens (including phenoxy) is 1. The van der Waals surface area contributed by atoms with Crippen molar-refractivity contribution >= 4 is 51.7 Å². The fourth-order valence-corrected chi connectivity index (χ4v) is 6.33. The van der Waals surface area contributed by atoms with E-state index in [2.05, 4.69) is 45.5 Å². The Morgan fingerprint density at radius 2 is 1.67 bits per heavy atom. The zero-order valence-corrected chi connectivity index (χ0v) is 22.2. The van der Waals surface area contributed by atoms with E-state index in [1.807, 2.05) is 48.5 Å². The summed E-state index contributed by atoms with van der Waals surface area (Å²) in [6.07, 6.45) is 0.323. The Morgan fingerprint density at radius 1 is 0.972 bits per heavy atom. The molecule has 1 aliphatic rings. The number of alkyl carbamates (subject to hydrolysis) is 1. The first kappa shape index (κ1) is 24.6. The molecule has 5 rings (SSSR count). The average Bonchev–Trinajstić information content (AvgIpc) is 3.21. The van der Waals surface area contributed by atoms with Gasteiger partial charge in [0.25, 0.3) is 0 Å². The quantitative estimate of drug-likeness (QED) is 0.225. The number of carbonyl (C=O) groups is 2. The molecule has 0 radical (unpaired) electrons. The third-order valence-electron chi connectivity index (χ3n) is 6.13. The van der Waals surface area contributed by atoms with Gasteiger partial charge in [-0.3, -0.25) is 4.79 Å². The van der Waals surface area contributed by atoms with Gasteiger partial charge < -0.3 is 10.1 Å². The fourth-order valence-electron chi connectivity index (χ4n) is 4.43. The zero-order chi connectivity index (χ0) is 25.1. The number of hydrogen-bond donors (Lipinski definition) is 1. The highest BCUT2D eigenvalue weighted by atomic mass is 79.9. The molecule has 0 fully saturated rings. The molecule has 0 saturated heterocycles. The van der Waals surface area contributed by atoms with Crippen LogP contribution in [0.2, 0.25) is 5.02 Å². The van der Waals surface area contributed by atoms with E-state index in [1.54, 1.807) is 12.1 Å². The largest absolute Gasteiger partial charge is 0.449 e. The Morgan fingerprint density at radius 3 is 2.36 bits per heavy atom. The highest BCUT2D eigenvalue weighted by Gasteiger charge is 2.29. The van der Waals surface area contributed by atoms with Gasteiger partial charge in [-0.05, 0) is 52.1 Å². The summed E-state index contributed by atoms with van der Waals surface area (Å²) in [5.74, 6) is -0.00118. The van der Waals surface area contributed by atoms with E-state index in [9.17, 15) is 9.59 Å². The molecule has 0 unspecified atom stereocenters. The maximum Gasteiger partial charge on any atom is 0.407 e. The summed E-state index contributed by atoms with van der Waals surface area (Å²) in [5.41, 5.74) is 6.10. The molecule has 4 aromatic rings. The minimum atomic E-state index is -0.496. The molecule has 0 spiro atoms. The lowest BCUT2D eigenvalue weighted by Gasteiger charge is -2.16. The zero-order valence-electron chi connectivity index (χ0n) is 19.0. The van der Waals surface area contributed by atoms with Crippen LogP contribution in [0, 0.1) is 0 Å². The molecule has 0 heterocycles. The van der Waals surface area contributed by atoms with E-state index in [1.165, 1.54) is 34.0 Å². The van der Waals surface area contributed by atoms with Crippen molar-refractivity contribution in [2.24, 2.45) is 0 Å². The second-order valence-electron chi connectivity index (χ2n) is 8.31. The number of rotatable bonds is 7. The summed E-state index contributed by atoms with van der Waals surface area (Å²) in [5, 5.41) is 3.40. The molecular formula is C29H21BrClNO3S. The van der Waals surface area contributed by atoms with Crippen molar-refractivity contribution in [1.29, 1.82) is 0 Å². The first-order valence-corrected chi connectivity index (χ1v) is 13.3. The smallest absolute Gasteiger partial charge is 0.407 e. The monoisotopic (exact) mass is 577 g/mol. The molecule has 1 amide bonds. The standard InChI is InChI=1S/C29H21BrClNO3S/c30-20-13-12-19(16-33)27(14-20)36-28-18(6-5-11-26(28)31)15-32-29(34)35-17-25-23-9-3-1-7-21(23)22-8-2-4-10-24(22)25/h1-14,16,25H,15,17H2,(H,32,34). The number of nitrogens with one attached hydrogen (secondary N) is 1. The lowest BCUT2D eigenvalue weighted by Crippen LogP contribution is -2.26. The van der Waals surface area contributed by atoms with Crippen LogP contribution in [0.4, 0.5) is 4.79 Å². The van der Waals surface area contributed by atoms with Gasteiger partial charge in [0, 0.05) is 32.3 Å². The maximum absolute atomic E-state index is 12.7. The Balaban J connectivity index is 1.27. The van der Waals surface area contributed by atoms with Crippen LogP contribution < -0.4 is 5.32 Å². The van der Waals surface area contributed by atoms with Crippen molar-refractivity contribution in [3.63, 3.8) is 0 Å². The topological polar surface area (TPSA) is 55.4 Å². The Labute approximate surface area is 227 Å². The van der Waals surface area contributed by atoms with Crippen LogP contribution in [-0.4, -0.2) is 19.0 Å². The van der Waals surface area contributed by atoms with E-state index in [0.29, 0.717) is 10.6 Å². The Kier molecular flexibility index (Phi) is 7.46. The van der Waals surface area contributed by atoms with Crippen LogP contribution in [0.3, 0.4) is 0 Å². The molecule has 0 atom stereocenters. The van der Waals surface area contributed by atoms with Crippen LogP contribution >= 0.6 is 39.3 Å². The molecule has 1 aliphatic carbocycles. The molecule has 0 aromatic heterocycles. The van der Waals surface area contributed by atoms with Crippen LogP contribution in [0.5, 0.6) is 0 Å². The number of hydrogen-bond acceptors (Lipinski definition) is 4. The summed E-state index contributed by atoms with van der Waals surface area (Å²) in [6, 6.07) is 27.4. The molecule has 4 aromatic carbocycles. The lowest BCUT2D eigenvalue weighted by molar-refractivity contribution is 0.112. The van der Waals surface area contributed by atoms with Crippen molar-refractivity contribution in [3.8, 4) is 11.1 Å². The van der Waals surface area contributed by atoms with E-state index in [0.717, 1.165) is 26.1 Å². The van der Waals surface area contributed by atoms with Gasteiger partial charge in [0.05, 0.1) is 5.02 Å². The molecule has 0 bridgehead atoms. The molecule has 0 aliphatic heterocycles. The molecule has 180 valence electrons. The number of benzene rings is 4. The summed E-state index contributed by atoms with van der Waals surface area (Å²) >= 11 is 11.4. The van der Waals surface area contributed by atoms with E-state index < -0.39 is 6.09 Å². The van der Waals surface area contributed by atoms with Crippen molar-refractivity contribution in [1.82, 2.24) is 5.32 Å². The van der Waals surface area contributed by atoms with Gasteiger partial charge in [0.15, 0.2) is 6.29 Å². The summed E-state index contributed by atoms with van der Waals surface area (Å²) < 4.78 is 6.52. The van der Waals surface area contributed by atoms with Crippen molar-refractivity contribution in [3.05, 3.63) is 117 Å². The average molecular weight is 579 g/mol. The molecule has 1 N–H and O–H groups in total. The van der Waals surface area contributed by atoms with Gasteiger partial charge in [-0.15, -0.1) is 0 Å². The van der Waals surface area contributed by atoms with Crippen LogP contribution in [0.25, 0.3) is 11.1 Å². The van der Waals surface area contributed by atoms with Gasteiger partial charge >= 0.3 is 6.09 Å². The predicted octanol–water partition coefficient (Wildman–Crippen LogP) is 8.10. The Bertz CT molecular complexity index is 1410. The van der Waals surface area contributed by atoms with Gasteiger partial charge in [0.2, 0.25) is 0 Å². The normalized spacial score (nSPS) is 12.1. The fraction of sp³-hybridized carbons (Fsp3) is 0.103. The van der Waals surface area contributed by atoms with Gasteiger partial charge in [-0.25, -0.2) is 4.79 Å². The summed E-state index contributed by atoms with van der Waals surface area (Å²) in [4.78, 5) is 25.7. The highest BCUT2D eigenvalue weighted by molar-refractivity contribution is 9.10. The van der Waals surface area contributed by atoms with Crippen LogP contribution in [0.1, 0.15) is 33.0 Å². The van der Waals surface area contributed by atoms with Crippen LogP contribution in [0.15, 0.2) is 99.2 Å². The SMILES string of the molecule is O=Cc1ccc(Br)cc1Sc1c(Cl)cccc1CNC(=O)OCC1c2ccccc2-c2ccccc21. The number of amides is 1. The highest BCUT2D eigenvalue weighted by Crippen LogP contribution is 2.44. The second-order valence-corrected chi connectivity index (χ2v) is 10.7. The predicted molar refractivity (Wildman–Crippen MR) is 147 cm³/mol. The second kappa shape index (κ2) is 10.9. The maximum atomic E-state index is 12.7. The molecule has 7 heteroatoms. The number of halogens is 2. The van der Waals surface area contributed by atoms with E-state index >= 15 is 0 Å². The van der Waals surface area contributed by atoms with Gasteiger partial charge in [-0.2, -0.15) is 0 Å². The van der Waals surface area contributed by atoms with Gasteiger partial charge in [-0.1, -0.05) is 100.0 Å². The van der Waals surface area contributed by atoms with Crippen LogP contribution in [-0.2, 0) is 11.3 Å². The molecular weight excluding hydrogens is 558 g/mol. The summed E-state index contributed by atoms with van der Waals surface area (Å²) in [7, 11) is 0. The third kappa shape index (κ3) is 5.07. The number of fused-ring (bicyclic) bond motifs is 3. The van der Waals surface area contributed by atoms with Crippen molar-refractivity contribution in [2.75, 3.05) is 6.61 Å². The van der Waals surface area contributed by atoms with Gasteiger partial charge in [0.1, 0.15) is 6.61 Å². The first-order valence-electron chi connectivity index (χ1n) is 11.3. The first-order chi connectivity index (χ1) is 17.5. The third-order valence-corrected chi connectivity index (χ3v) is 8.31. The lowest BCUT2D eigenvalue weighted by atomic mass is 9.98.